The SMILES string of the molecule is OCCC1C2C=CC(C2)C1(CCO)CCO. The Morgan fingerprint density at radius 2 is 1.69 bits per heavy atom. The van der Waals surface area contributed by atoms with Gasteiger partial charge in [-0.1, -0.05) is 12.2 Å². The third-order valence-electron chi connectivity index (χ3n) is 4.71. The zero-order valence-corrected chi connectivity index (χ0v) is 9.68. The van der Waals surface area contributed by atoms with Crippen molar-refractivity contribution >= 4 is 0 Å². The molecule has 2 aliphatic carbocycles. The van der Waals surface area contributed by atoms with Crippen molar-refractivity contribution in [3.05, 3.63) is 12.2 Å². The minimum atomic E-state index is 0.0334. The molecule has 3 heteroatoms. The number of rotatable bonds is 6. The van der Waals surface area contributed by atoms with Gasteiger partial charge in [0.2, 0.25) is 0 Å². The van der Waals surface area contributed by atoms with Crippen LogP contribution >= 0.6 is 0 Å². The van der Waals surface area contributed by atoms with Crippen molar-refractivity contribution in [3.63, 3.8) is 0 Å². The van der Waals surface area contributed by atoms with Crippen LogP contribution in [0.5, 0.6) is 0 Å². The Hall–Kier alpha value is -0.380. The maximum Gasteiger partial charge on any atom is 0.0436 e. The molecular formula is C13H22O3. The standard InChI is InChI=1S/C13H22O3/c14-6-3-12-10-1-2-11(9-10)13(12,4-7-15)5-8-16/h1-2,10-12,14-16H,3-9H2. The van der Waals surface area contributed by atoms with Crippen LogP contribution in [-0.4, -0.2) is 35.1 Å². The van der Waals surface area contributed by atoms with E-state index in [4.69, 9.17) is 0 Å². The Labute approximate surface area is 96.8 Å². The van der Waals surface area contributed by atoms with Gasteiger partial charge in [-0.15, -0.1) is 0 Å². The van der Waals surface area contributed by atoms with Gasteiger partial charge in [-0.05, 0) is 48.9 Å². The Morgan fingerprint density at radius 3 is 2.25 bits per heavy atom. The molecule has 2 rings (SSSR count). The van der Waals surface area contributed by atoms with Gasteiger partial charge in [-0.25, -0.2) is 0 Å². The summed E-state index contributed by atoms with van der Waals surface area (Å²) in [7, 11) is 0. The molecule has 2 bridgehead atoms. The van der Waals surface area contributed by atoms with E-state index in [-0.39, 0.29) is 25.2 Å². The fraction of sp³-hybridized carbons (Fsp3) is 0.846. The molecule has 16 heavy (non-hydrogen) atoms. The molecule has 3 unspecified atom stereocenters. The highest BCUT2D eigenvalue weighted by molar-refractivity contribution is 5.18. The lowest BCUT2D eigenvalue weighted by atomic mass is 9.63. The number of hydrogen-bond donors (Lipinski definition) is 3. The lowest BCUT2D eigenvalue weighted by Crippen LogP contribution is -2.37. The van der Waals surface area contributed by atoms with Gasteiger partial charge in [-0.3, -0.25) is 0 Å². The first-order valence-corrected chi connectivity index (χ1v) is 6.29. The van der Waals surface area contributed by atoms with Crippen LogP contribution in [0.2, 0.25) is 0 Å². The van der Waals surface area contributed by atoms with Gasteiger partial charge in [0, 0.05) is 19.8 Å². The molecule has 3 nitrogen and oxygen atoms in total. The molecule has 1 fully saturated rings. The lowest BCUT2D eigenvalue weighted by molar-refractivity contribution is 0.0442. The van der Waals surface area contributed by atoms with E-state index in [0.29, 0.717) is 17.8 Å². The molecule has 3 atom stereocenters. The van der Waals surface area contributed by atoms with E-state index in [2.05, 4.69) is 12.2 Å². The van der Waals surface area contributed by atoms with E-state index in [1.54, 1.807) is 0 Å². The zero-order chi connectivity index (χ0) is 11.6. The molecule has 0 heterocycles. The molecule has 0 amide bonds. The maximum atomic E-state index is 9.26. The Morgan fingerprint density at radius 1 is 1.00 bits per heavy atom. The predicted octanol–water partition coefficient (Wildman–Crippen LogP) is 0.942. The molecule has 2 aliphatic rings. The molecule has 92 valence electrons. The lowest BCUT2D eigenvalue weighted by Gasteiger charge is -2.41. The second-order valence-electron chi connectivity index (χ2n) is 5.19. The highest BCUT2D eigenvalue weighted by Gasteiger charge is 2.54. The number of allylic oxidation sites excluding steroid dienone is 2. The van der Waals surface area contributed by atoms with Gasteiger partial charge in [0.15, 0.2) is 0 Å². The number of fused-ring (bicyclic) bond motifs is 2. The molecule has 0 aromatic rings. The first kappa shape index (κ1) is 12.1. The molecule has 0 saturated heterocycles. The first-order chi connectivity index (χ1) is 7.78. The summed E-state index contributed by atoms with van der Waals surface area (Å²) in [5.74, 6) is 1.48. The average molecular weight is 226 g/mol. The number of aliphatic hydroxyl groups excluding tert-OH is 3. The second-order valence-corrected chi connectivity index (χ2v) is 5.19. The Balaban J connectivity index is 2.22. The summed E-state index contributed by atoms with van der Waals surface area (Å²) < 4.78 is 0. The number of aliphatic hydroxyl groups is 3. The Kier molecular flexibility index (Phi) is 3.67. The summed E-state index contributed by atoms with van der Waals surface area (Å²) in [5.41, 5.74) is 0.0334. The Bertz CT molecular complexity index is 256. The highest BCUT2D eigenvalue weighted by Crippen LogP contribution is 2.60. The minimum Gasteiger partial charge on any atom is -0.396 e. The van der Waals surface area contributed by atoms with E-state index in [1.807, 2.05) is 0 Å². The summed E-state index contributed by atoms with van der Waals surface area (Å²) in [6, 6.07) is 0. The molecule has 0 aromatic carbocycles. The fourth-order valence-electron chi connectivity index (χ4n) is 4.08. The van der Waals surface area contributed by atoms with Crippen LogP contribution in [0.3, 0.4) is 0 Å². The van der Waals surface area contributed by atoms with Crippen molar-refractivity contribution < 1.29 is 15.3 Å². The van der Waals surface area contributed by atoms with E-state index < -0.39 is 0 Å². The summed E-state index contributed by atoms with van der Waals surface area (Å²) in [4.78, 5) is 0. The van der Waals surface area contributed by atoms with Gasteiger partial charge in [0.05, 0.1) is 0 Å². The highest BCUT2D eigenvalue weighted by atomic mass is 16.3. The van der Waals surface area contributed by atoms with Crippen LogP contribution in [0.4, 0.5) is 0 Å². The molecule has 0 aromatic heterocycles. The summed E-state index contributed by atoms with van der Waals surface area (Å²) in [6.07, 6.45) is 7.96. The minimum absolute atomic E-state index is 0.0334. The van der Waals surface area contributed by atoms with Crippen molar-refractivity contribution in [2.24, 2.45) is 23.2 Å². The van der Waals surface area contributed by atoms with Crippen molar-refractivity contribution in [1.82, 2.24) is 0 Å². The number of hydrogen-bond acceptors (Lipinski definition) is 3. The molecule has 0 aliphatic heterocycles. The van der Waals surface area contributed by atoms with Crippen molar-refractivity contribution in [2.75, 3.05) is 19.8 Å². The van der Waals surface area contributed by atoms with E-state index in [9.17, 15) is 15.3 Å². The van der Waals surface area contributed by atoms with Crippen LogP contribution in [0, 0.1) is 23.2 Å². The quantitative estimate of drug-likeness (QED) is 0.591. The second kappa shape index (κ2) is 4.86. The zero-order valence-electron chi connectivity index (χ0n) is 9.68. The van der Waals surface area contributed by atoms with Crippen LogP contribution in [0.15, 0.2) is 12.2 Å². The summed E-state index contributed by atoms with van der Waals surface area (Å²) >= 11 is 0. The summed E-state index contributed by atoms with van der Waals surface area (Å²) in [5, 5.41) is 27.7. The molecule has 1 saturated carbocycles. The predicted molar refractivity (Wildman–Crippen MR) is 61.8 cm³/mol. The molecule has 3 N–H and O–H groups in total. The van der Waals surface area contributed by atoms with Crippen LogP contribution in [0.1, 0.15) is 25.7 Å². The molecular weight excluding hydrogens is 204 g/mol. The third-order valence-corrected chi connectivity index (χ3v) is 4.71. The van der Waals surface area contributed by atoms with Crippen LogP contribution < -0.4 is 0 Å². The molecule has 0 spiro atoms. The van der Waals surface area contributed by atoms with Crippen LogP contribution in [-0.2, 0) is 0 Å². The third kappa shape index (κ3) is 1.71. The molecule has 0 radical (unpaired) electrons. The smallest absolute Gasteiger partial charge is 0.0436 e. The van der Waals surface area contributed by atoms with Gasteiger partial charge in [0.25, 0.3) is 0 Å². The topological polar surface area (TPSA) is 60.7 Å². The van der Waals surface area contributed by atoms with Gasteiger partial charge < -0.3 is 15.3 Å². The fourth-order valence-corrected chi connectivity index (χ4v) is 4.08. The monoisotopic (exact) mass is 226 g/mol. The normalized spacial score (nSPS) is 34.8. The van der Waals surface area contributed by atoms with Gasteiger partial charge in [-0.2, -0.15) is 0 Å². The van der Waals surface area contributed by atoms with Crippen molar-refractivity contribution in [3.8, 4) is 0 Å². The van der Waals surface area contributed by atoms with E-state index >= 15 is 0 Å². The van der Waals surface area contributed by atoms with Crippen molar-refractivity contribution in [1.29, 1.82) is 0 Å². The van der Waals surface area contributed by atoms with Gasteiger partial charge in [0.1, 0.15) is 0 Å². The first-order valence-electron chi connectivity index (χ1n) is 6.29. The largest absolute Gasteiger partial charge is 0.396 e. The average Bonchev–Trinajstić information content (AvgIpc) is 2.82. The van der Waals surface area contributed by atoms with Crippen LogP contribution in [0.25, 0.3) is 0 Å². The van der Waals surface area contributed by atoms with E-state index in [0.717, 1.165) is 25.7 Å². The maximum absolute atomic E-state index is 9.26. The summed E-state index contributed by atoms with van der Waals surface area (Å²) in [6.45, 7) is 0.568. The van der Waals surface area contributed by atoms with E-state index in [1.165, 1.54) is 0 Å². The van der Waals surface area contributed by atoms with Crippen molar-refractivity contribution in [2.45, 2.75) is 25.7 Å². The van der Waals surface area contributed by atoms with Gasteiger partial charge >= 0.3 is 0 Å².